The lowest BCUT2D eigenvalue weighted by Crippen LogP contribution is -2.00. The molecule has 0 heterocycles. The first kappa shape index (κ1) is 9.62. The molecule has 1 rings (SSSR count). The third-order valence-corrected chi connectivity index (χ3v) is 2.32. The van der Waals surface area contributed by atoms with Crippen molar-refractivity contribution in [2.24, 2.45) is 0 Å². The van der Waals surface area contributed by atoms with Gasteiger partial charge in [-0.3, -0.25) is 4.55 Å². The van der Waals surface area contributed by atoms with E-state index in [1.807, 2.05) is 0 Å². The lowest BCUT2D eigenvalue weighted by molar-refractivity contribution is 0.412. The van der Waals surface area contributed by atoms with Crippen LogP contribution in [0.15, 0.2) is 17.0 Å². The molecule has 13 heavy (non-hydrogen) atoms. The average molecular weight is 205 g/mol. The molecule has 1 aromatic rings. The minimum absolute atomic E-state index is 0.245. The van der Waals surface area contributed by atoms with Gasteiger partial charge in [0.1, 0.15) is 5.75 Å². The molecule has 0 atom stereocenters. The lowest BCUT2D eigenvalue weighted by atomic mass is 10.3. The Balaban J connectivity index is 3.62. The molecular weight excluding hydrogens is 198 g/mol. The van der Waals surface area contributed by atoms with Crippen LogP contribution in [0.4, 0.5) is 5.69 Å². The highest BCUT2D eigenvalue weighted by Gasteiger charge is 2.22. The van der Waals surface area contributed by atoms with Crippen molar-refractivity contribution >= 4 is 15.8 Å². The molecule has 0 aliphatic carbocycles. The number of hydrogen-bond donors (Lipinski definition) is 4. The molecule has 72 valence electrons. The average Bonchev–Trinajstić information content (AvgIpc) is 1.95. The van der Waals surface area contributed by atoms with Gasteiger partial charge in [-0.15, -0.1) is 0 Å². The second-order valence-corrected chi connectivity index (χ2v) is 3.69. The molecule has 6 nitrogen and oxygen atoms in total. The largest absolute Gasteiger partial charge is 0.506 e. The number of phenolic OH excluding ortho intramolecular Hbond substituents is 2. The minimum Gasteiger partial charge on any atom is -0.506 e. The summed E-state index contributed by atoms with van der Waals surface area (Å²) in [5.74, 6) is -1.61. The summed E-state index contributed by atoms with van der Waals surface area (Å²) < 4.78 is 29.8. The van der Waals surface area contributed by atoms with Crippen molar-refractivity contribution in [1.82, 2.24) is 0 Å². The van der Waals surface area contributed by atoms with E-state index in [2.05, 4.69) is 0 Å². The van der Waals surface area contributed by atoms with Crippen molar-refractivity contribution in [1.29, 1.82) is 0 Å². The Kier molecular flexibility index (Phi) is 2.06. The molecule has 0 saturated carbocycles. The van der Waals surface area contributed by atoms with Crippen molar-refractivity contribution in [3.05, 3.63) is 12.1 Å². The van der Waals surface area contributed by atoms with Crippen LogP contribution >= 0.6 is 0 Å². The van der Waals surface area contributed by atoms with E-state index in [1.165, 1.54) is 0 Å². The Morgan fingerprint density at radius 1 is 1.23 bits per heavy atom. The summed E-state index contributed by atoms with van der Waals surface area (Å²) in [7, 11) is -4.67. The Hall–Kier alpha value is -1.47. The molecule has 0 radical (unpaired) electrons. The number of aromatic hydroxyl groups is 2. The van der Waals surface area contributed by atoms with Gasteiger partial charge < -0.3 is 15.9 Å². The molecule has 0 amide bonds. The summed E-state index contributed by atoms with van der Waals surface area (Å²) in [6.45, 7) is 0. The second-order valence-electron chi connectivity index (χ2n) is 2.33. The van der Waals surface area contributed by atoms with Crippen molar-refractivity contribution < 1.29 is 23.2 Å². The van der Waals surface area contributed by atoms with Crippen molar-refractivity contribution in [2.45, 2.75) is 4.90 Å². The normalized spacial score (nSPS) is 11.5. The lowest BCUT2D eigenvalue weighted by Gasteiger charge is -2.05. The SMILES string of the molecule is Nc1ccc(O)c(S(=O)(=O)O)c1O. The molecule has 1 aromatic carbocycles. The fourth-order valence-corrected chi connectivity index (χ4v) is 1.52. The fraction of sp³-hybridized carbons (Fsp3) is 0. The molecule has 0 fully saturated rings. The van der Waals surface area contributed by atoms with Gasteiger partial charge in [0.05, 0.1) is 5.69 Å². The Morgan fingerprint density at radius 3 is 2.15 bits per heavy atom. The van der Waals surface area contributed by atoms with Gasteiger partial charge in [-0.05, 0) is 12.1 Å². The van der Waals surface area contributed by atoms with Gasteiger partial charge in [0.25, 0.3) is 0 Å². The van der Waals surface area contributed by atoms with E-state index in [9.17, 15) is 8.42 Å². The van der Waals surface area contributed by atoms with Gasteiger partial charge >= 0.3 is 10.1 Å². The summed E-state index contributed by atoms with van der Waals surface area (Å²) in [6, 6.07) is 2.07. The first-order valence-electron chi connectivity index (χ1n) is 3.12. The van der Waals surface area contributed by atoms with Crippen LogP contribution in [-0.2, 0) is 10.1 Å². The Labute approximate surface area is 74.0 Å². The summed E-state index contributed by atoms with van der Waals surface area (Å²) >= 11 is 0. The van der Waals surface area contributed by atoms with E-state index >= 15 is 0 Å². The van der Waals surface area contributed by atoms with Crippen LogP contribution in [0.1, 0.15) is 0 Å². The maximum atomic E-state index is 10.6. The summed E-state index contributed by atoms with van der Waals surface area (Å²) in [5.41, 5.74) is 4.90. The van der Waals surface area contributed by atoms with E-state index in [4.69, 9.17) is 20.5 Å². The fourth-order valence-electron chi connectivity index (χ4n) is 0.830. The minimum atomic E-state index is -4.67. The zero-order chi connectivity index (χ0) is 10.2. The molecule has 0 saturated heterocycles. The van der Waals surface area contributed by atoms with Crippen LogP contribution in [0.3, 0.4) is 0 Å². The van der Waals surface area contributed by atoms with Gasteiger partial charge in [0.2, 0.25) is 0 Å². The van der Waals surface area contributed by atoms with Crippen molar-refractivity contribution in [3.8, 4) is 11.5 Å². The van der Waals surface area contributed by atoms with Crippen LogP contribution in [0.25, 0.3) is 0 Å². The summed E-state index contributed by atoms with van der Waals surface area (Å²) in [4.78, 5) is -0.979. The number of phenols is 2. The standard InChI is InChI=1S/C6H7NO5S/c7-3-1-2-4(8)6(5(3)9)13(10,11)12/h1-2,8-9H,7H2,(H,10,11,12). The number of rotatable bonds is 1. The van der Waals surface area contributed by atoms with Crippen molar-refractivity contribution in [2.75, 3.05) is 5.73 Å². The molecule has 0 aliphatic rings. The van der Waals surface area contributed by atoms with Crippen LogP contribution in [-0.4, -0.2) is 23.2 Å². The molecule has 0 unspecified atom stereocenters. The summed E-state index contributed by atoms with van der Waals surface area (Å²) in [6.07, 6.45) is 0. The summed E-state index contributed by atoms with van der Waals surface area (Å²) in [5, 5.41) is 18.1. The van der Waals surface area contributed by atoms with E-state index in [-0.39, 0.29) is 5.69 Å². The number of nitrogens with two attached hydrogens (primary N) is 1. The first-order chi connectivity index (χ1) is 5.84. The topological polar surface area (TPSA) is 121 Å². The van der Waals surface area contributed by atoms with Gasteiger partial charge in [-0.2, -0.15) is 8.42 Å². The highest BCUT2D eigenvalue weighted by Crippen LogP contribution is 2.35. The molecule has 0 aliphatic heterocycles. The van der Waals surface area contributed by atoms with Gasteiger partial charge in [0.15, 0.2) is 10.6 Å². The van der Waals surface area contributed by atoms with E-state index in [1.54, 1.807) is 0 Å². The Bertz CT molecular complexity index is 439. The predicted octanol–water partition coefficient (Wildman–Crippen LogP) is -0.0733. The molecule has 0 bridgehead atoms. The van der Waals surface area contributed by atoms with Crippen molar-refractivity contribution in [3.63, 3.8) is 0 Å². The van der Waals surface area contributed by atoms with E-state index < -0.39 is 26.5 Å². The predicted molar refractivity (Wildman–Crippen MR) is 44.0 cm³/mol. The van der Waals surface area contributed by atoms with Crippen LogP contribution < -0.4 is 5.73 Å². The molecule has 7 heteroatoms. The third-order valence-electron chi connectivity index (χ3n) is 1.40. The second kappa shape index (κ2) is 2.79. The molecule has 0 spiro atoms. The highest BCUT2D eigenvalue weighted by atomic mass is 32.2. The smallest absolute Gasteiger partial charge is 0.302 e. The zero-order valence-corrected chi connectivity index (χ0v) is 7.11. The third kappa shape index (κ3) is 1.65. The zero-order valence-electron chi connectivity index (χ0n) is 6.30. The number of benzene rings is 1. The maximum absolute atomic E-state index is 10.6. The van der Waals surface area contributed by atoms with Gasteiger partial charge in [-0.25, -0.2) is 0 Å². The quantitative estimate of drug-likeness (QED) is 0.220. The Morgan fingerprint density at radius 2 is 1.77 bits per heavy atom. The molecular formula is C6H7NO5S. The van der Waals surface area contributed by atoms with Crippen LogP contribution in [0, 0.1) is 0 Å². The van der Waals surface area contributed by atoms with Crippen LogP contribution in [0.2, 0.25) is 0 Å². The first-order valence-corrected chi connectivity index (χ1v) is 4.56. The highest BCUT2D eigenvalue weighted by molar-refractivity contribution is 7.86. The number of nitrogen functional groups attached to an aromatic ring is 1. The number of hydrogen-bond acceptors (Lipinski definition) is 5. The van der Waals surface area contributed by atoms with E-state index in [0.717, 1.165) is 12.1 Å². The van der Waals surface area contributed by atoms with Crippen LogP contribution in [0.5, 0.6) is 11.5 Å². The monoisotopic (exact) mass is 205 g/mol. The molecule has 5 N–H and O–H groups in total. The van der Waals surface area contributed by atoms with Gasteiger partial charge in [-0.1, -0.05) is 0 Å². The van der Waals surface area contributed by atoms with E-state index in [0.29, 0.717) is 0 Å². The van der Waals surface area contributed by atoms with Gasteiger partial charge in [0, 0.05) is 0 Å². The molecule has 0 aromatic heterocycles. The number of anilines is 1. The maximum Gasteiger partial charge on any atom is 0.302 e.